The van der Waals surface area contributed by atoms with Gasteiger partial charge in [0.2, 0.25) is 0 Å². The minimum Gasteiger partial charge on any atom is -0.356 e. The Labute approximate surface area is 122 Å². The Morgan fingerprint density at radius 1 is 1.22 bits per heavy atom. The molecule has 0 aliphatic carbocycles. The van der Waals surface area contributed by atoms with Crippen LogP contribution in [0.1, 0.15) is 12.8 Å². The Morgan fingerprint density at radius 3 is 2.67 bits per heavy atom. The van der Waals surface area contributed by atoms with Crippen LogP contribution in [0.3, 0.4) is 0 Å². The number of benzene rings is 1. The molecule has 0 N–H and O–H groups in total. The van der Waals surface area contributed by atoms with E-state index in [4.69, 9.17) is 34.8 Å². The number of likely N-dealkylation sites (tertiary alicyclic amines) is 1. The molecule has 0 bridgehead atoms. The molecule has 2 rings (SSSR count). The maximum atomic E-state index is 6.12. The van der Waals surface area contributed by atoms with Crippen LogP contribution in [0.4, 0.5) is 5.69 Å². The number of aliphatic imine (C=N–C) groups is 1. The summed E-state index contributed by atoms with van der Waals surface area (Å²) < 4.78 is 0. The monoisotopic (exact) mass is 302 g/mol. The molecule has 1 aromatic rings. The van der Waals surface area contributed by atoms with Crippen molar-refractivity contribution in [3.8, 4) is 0 Å². The van der Waals surface area contributed by atoms with Gasteiger partial charge in [-0.3, -0.25) is 0 Å². The molecule has 0 saturated carbocycles. The van der Waals surface area contributed by atoms with Gasteiger partial charge in [-0.25, -0.2) is 4.99 Å². The van der Waals surface area contributed by atoms with Gasteiger partial charge in [0.25, 0.3) is 0 Å². The molecule has 1 aliphatic heterocycles. The third-order valence-electron chi connectivity index (χ3n) is 2.78. The topological polar surface area (TPSA) is 15.6 Å². The Balaban J connectivity index is 2.32. The van der Waals surface area contributed by atoms with E-state index < -0.39 is 0 Å². The molecule has 96 valence electrons. The van der Waals surface area contributed by atoms with E-state index in [0.29, 0.717) is 20.8 Å². The minimum absolute atomic E-state index is 0.444. The lowest BCUT2D eigenvalue weighted by molar-refractivity contribution is 0.502. The molecular weight excluding hydrogens is 291 g/mol. The zero-order valence-corrected chi connectivity index (χ0v) is 12.1. The fraction of sp³-hybridized carbons (Fsp3) is 0.308. The van der Waals surface area contributed by atoms with E-state index in [1.165, 1.54) is 0 Å². The maximum absolute atomic E-state index is 6.12. The minimum atomic E-state index is 0.444. The summed E-state index contributed by atoms with van der Waals surface area (Å²) in [4.78, 5) is 6.77. The normalized spacial score (nSPS) is 17.5. The predicted molar refractivity (Wildman–Crippen MR) is 79.6 cm³/mol. The molecule has 5 heteroatoms. The average Bonchev–Trinajstić information content (AvgIpc) is 2.74. The van der Waals surface area contributed by atoms with Crippen LogP contribution in [0.25, 0.3) is 0 Å². The highest BCUT2D eigenvalue weighted by atomic mass is 35.5. The van der Waals surface area contributed by atoms with Crippen LogP contribution in [-0.4, -0.2) is 23.8 Å². The first-order valence-electron chi connectivity index (χ1n) is 5.69. The van der Waals surface area contributed by atoms with Crippen molar-refractivity contribution in [2.45, 2.75) is 12.8 Å². The summed E-state index contributed by atoms with van der Waals surface area (Å²) in [6, 6.07) is 3.32. The zero-order valence-electron chi connectivity index (χ0n) is 9.80. The van der Waals surface area contributed by atoms with Gasteiger partial charge in [-0.1, -0.05) is 40.9 Å². The van der Waals surface area contributed by atoms with Gasteiger partial charge in [-0.05, 0) is 18.6 Å². The molecular formula is C13H13Cl3N2. The van der Waals surface area contributed by atoms with Crippen LogP contribution in [0.15, 0.2) is 29.8 Å². The van der Waals surface area contributed by atoms with Gasteiger partial charge < -0.3 is 4.90 Å². The molecule has 0 aromatic heterocycles. The molecule has 2 nitrogen and oxygen atoms in total. The second kappa shape index (κ2) is 5.96. The molecule has 0 unspecified atom stereocenters. The van der Waals surface area contributed by atoms with Crippen molar-refractivity contribution in [3.05, 3.63) is 39.9 Å². The first kappa shape index (κ1) is 13.7. The highest BCUT2D eigenvalue weighted by Gasteiger charge is 2.17. The van der Waals surface area contributed by atoms with E-state index in [1.807, 2.05) is 6.08 Å². The number of rotatable bonds is 3. The Bertz CT molecular complexity index is 497. The third-order valence-corrected chi connectivity index (χ3v) is 3.81. The smallest absolute Gasteiger partial charge is 0.105 e. The van der Waals surface area contributed by atoms with E-state index in [9.17, 15) is 0 Å². The molecule has 18 heavy (non-hydrogen) atoms. The largest absolute Gasteiger partial charge is 0.356 e. The lowest BCUT2D eigenvalue weighted by Crippen LogP contribution is -2.24. The summed E-state index contributed by atoms with van der Waals surface area (Å²) in [5, 5.41) is 1.43. The van der Waals surface area contributed by atoms with Crippen LogP contribution >= 0.6 is 34.8 Å². The maximum Gasteiger partial charge on any atom is 0.105 e. The Kier molecular flexibility index (Phi) is 4.55. The van der Waals surface area contributed by atoms with Crippen molar-refractivity contribution in [1.82, 2.24) is 4.90 Å². The Morgan fingerprint density at radius 2 is 1.94 bits per heavy atom. The first-order chi connectivity index (χ1) is 8.61. The summed E-state index contributed by atoms with van der Waals surface area (Å²) in [5.74, 6) is 1.02. The zero-order chi connectivity index (χ0) is 13.1. The van der Waals surface area contributed by atoms with Gasteiger partial charge in [0.15, 0.2) is 0 Å². The molecule has 0 radical (unpaired) electrons. The van der Waals surface area contributed by atoms with Crippen molar-refractivity contribution in [2.24, 2.45) is 4.99 Å². The number of hydrogen-bond donors (Lipinski definition) is 0. The quantitative estimate of drug-likeness (QED) is 0.569. The van der Waals surface area contributed by atoms with Crippen molar-refractivity contribution in [3.63, 3.8) is 0 Å². The summed E-state index contributed by atoms with van der Waals surface area (Å²) in [7, 11) is 0. The summed E-state index contributed by atoms with van der Waals surface area (Å²) in [6.45, 7) is 5.55. The lowest BCUT2D eigenvalue weighted by atomic mass is 10.3. The SMILES string of the molecule is C=CCN1CCCC1=Nc1cc(Cl)c(Cl)cc1Cl. The second-order valence-corrected chi connectivity index (χ2v) is 5.31. The molecule has 1 fully saturated rings. The lowest BCUT2D eigenvalue weighted by Gasteiger charge is -2.16. The van der Waals surface area contributed by atoms with Crippen molar-refractivity contribution < 1.29 is 0 Å². The van der Waals surface area contributed by atoms with Crippen LogP contribution in [-0.2, 0) is 0 Å². The third kappa shape index (κ3) is 3.00. The van der Waals surface area contributed by atoms with Crippen LogP contribution in [0.5, 0.6) is 0 Å². The van der Waals surface area contributed by atoms with Crippen LogP contribution in [0, 0.1) is 0 Å². The second-order valence-electron chi connectivity index (χ2n) is 4.08. The number of amidine groups is 1. The first-order valence-corrected chi connectivity index (χ1v) is 6.83. The van der Waals surface area contributed by atoms with Gasteiger partial charge >= 0.3 is 0 Å². The molecule has 1 aromatic carbocycles. The summed E-state index contributed by atoms with van der Waals surface area (Å²) in [6.07, 6.45) is 3.92. The fourth-order valence-electron chi connectivity index (χ4n) is 1.93. The van der Waals surface area contributed by atoms with E-state index in [2.05, 4.69) is 16.5 Å². The van der Waals surface area contributed by atoms with Crippen molar-refractivity contribution in [2.75, 3.05) is 13.1 Å². The van der Waals surface area contributed by atoms with E-state index in [0.717, 1.165) is 31.8 Å². The number of halogens is 3. The standard InChI is InChI=1S/C13H13Cl3N2/c1-2-5-18-6-3-4-13(18)17-12-8-10(15)9(14)7-11(12)16/h2,7-8H,1,3-6H2. The van der Waals surface area contributed by atoms with Crippen LogP contribution < -0.4 is 0 Å². The highest BCUT2D eigenvalue weighted by Crippen LogP contribution is 2.34. The van der Waals surface area contributed by atoms with Gasteiger partial charge in [0.1, 0.15) is 5.84 Å². The molecule has 0 amide bonds. The number of hydrogen-bond acceptors (Lipinski definition) is 1. The van der Waals surface area contributed by atoms with E-state index >= 15 is 0 Å². The van der Waals surface area contributed by atoms with E-state index in [1.54, 1.807) is 12.1 Å². The Hall–Kier alpha value is -0.700. The fourth-order valence-corrected chi connectivity index (χ4v) is 2.51. The molecule has 1 aliphatic rings. The average molecular weight is 304 g/mol. The van der Waals surface area contributed by atoms with Gasteiger partial charge in [0, 0.05) is 19.5 Å². The van der Waals surface area contributed by atoms with Gasteiger partial charge in [-0.15, -0.1) is 6.58 Å². The molecule has 1 saturated heterocycles. The summed E-state index contributed by atoms with van der Waals surface area (Å²) in [5.41, 5.74) is 0.664. The summed E-state index contributed by atoms with van der Waals surface area (Å²) >= 11 is 18.0. The molecule has 0 spiro atoms. The predicted octanol–water partition coefficient (Wildman–Crippen LogP) is 4.96. The molecule has 1 heterocycles. The van der Waals surface area contributed by atoms with Crippen molar-refractivity contribution in [1.29, 1.82) is 0 Å². The molecule has 0 atom stereocenters. The van der Waals surface area contributed by atoms with E-state index in [-0.39, 0.29) is 0 Å². The van der Waals surface area contributed by atoms with Crippen LogP contribution in [0.2, 0.25) is 15.1 Å². The van der Waals surface area contributed by atoms with Gasteiger partial charge in [-0.2, -0.15) is 0 Å². The highest BCUT2D eigenvalue weighted by molar-refractivity contribution is 6.44. The van der Waals surface area contributed by atoms with Gasteiger partial charge in [0.05, 0.1) is 20.8 Å². The van der Waals surface area contributed by atoms with Crippen molar-refractivity contribution >= 4 is 46.3 Å². The number of nitrogens with zero attached hydrogens (tertiary/aromatic N) is 2.